The number of nitrogens with one attached hydrogen (secondary N) is 1. The Hall–Kier alpha value is -3.53. The summed E-state index contributed by atoms with van der Waals surface area (Å²) in [5.74, 6) is 1.87. The lowest BCUT2D eigenvalue weighted by Gasteiger charge is -2.48. The molecule has 2 aromatic carbocycles. The van der Waals surface area contributed by atoms with Crippen LogP contribution in [0.1, 0.15) is 36.0 Å². The van der Waals surface area contributed by atoms with Crippen LogP contribution in [0.3, 0.4) is 0 Å². The molecule has 2 saturated carbocycles. The van der Waals surface area contributed by atoms with Gasteiger partial charge in [-0.1, -0.05) is 18.2 Å². The zero-order chi connectivity index (χ0) is 29.6. The number of rotatable bonds is 6. The number of hydrogen-bond donors (Lipinski definition) is 2. The molecule has 2 saturated heterocycles. The van der Waals surface area contributed by atoms with Gasteiger partial charge in [-0.15, -0.1) is 23.2 Å². The molecular weight excluding hydrogens is 585 g/mol. The third kappa shape index (κ3) is 4.27. The summed E-state index contributed by atoms with van der Waals surface area (Å²) in [5, 5.41) is 8.38. The van der Waals surface area contributed by atoms with Gasteiger partial charge in [0.05, 0.1) is 29.5 Å². The van der Waals surface area contributed by atoms with Crippen molar-refractivity contribution in [2.75, 3.05) is 13.7 Å². The average molecular weight is 619 g/mol. The van der Waals surface area contributed by atoms with Gasteiger partial charge in [-0.25, -0.2) is 4.98 Å². The van der Waals surface area contributed by atoms with Gasteiger partial charge in [0.15, 0.2) is 5.82 Å². The first-order chi connectivity index (χ1) is 20.7. The van der Waals surface area contributed by atoms with Gasteiger partial charge in [0, 0.05) is 60.8 Å². The number of benzene rings is 2. The van der Waals surface area contributed by atoms with Crippen molar-refractivity contribution in [2.24, 2.45) is 24.6 Å². The topological polar surface area (TPSA) is 107 Å². The number of halogens is 2. The summed E-state index contributed by atoms with van der Waals surface area (Å²) in [7, 11) is 3.63. The van der Waals surface area contributed by atoms with E-state index in [0.29, 0.717) is 35.8 Å². The predicted octanol–water partition coefficient (Wildman–Crippen LogP) is 5.74. The van der Waals surface area contributed by atoms with Crippen LogP contribution < -0.4 is 10.5 Å². The van der Waals surface area contributed by atoms with E-state index in [1.807, 2.05) is 40.8 Å². The molecule has 5 heterocycles. The largest absolute Gasteiger partial charge is 0.494 e. The number of methoxy groups -OCH3 is 1. The zero-order valence-corrected chi connectivity index (χ0v) is 25.6. The number of carbonyl (C=O) groups excluding carboxylic acids is 1. The number of aromatic nitrogens is 5. The summed E-state index contributed by atoms with van der Waals surface area (Å²) in [4.78, 5) is 21.0. The highest BCUT2D eigenvalue weighted by atomic mass is 35.5. The van der Waals surface area contributed by atoms with Crippen LogP contribution in [0, 0.1) is 11.8 Å². The molecule has 43 heavy (non-hydrogen) atoms. The summed E-state index contributed by atoms with van der Waals surface area (Å²) >= 11 is 13.1. The van der Waals surface area contributed by atoms with E-state index in [1.165, 1.54) is 0 Å². The number of imidazole rings is 1. The molecule has 1 unspecified atom stereocenters. The number of nitrogens with two attached hydrogens (primary N) is 1. The monoisotopic (exact) mass is 617 g/mol. The molecule has 3 aromatic heterocycles. The van der Waals surface area contributed by atoms with Gasteiger partial charge in [0.25, 0.3) is 5.91 Å². The number of fused-ring (bicyclic) bond motifs is 5. The fraction of sp³-hybridized carbons (Fsp3) is 0.406. The molecule has 4 aliphatic rings. The van der Waals surface area contributed by atoms with E-state index in [9.17, 15) is 4.79 Å². The van der Waals surface area contributed by atoms with Crippen molar-refractivity contribution in [3.63, 3.8) is 0 Å². The van der Waals surface area contributed by atoms with Crippen molar-refractivity contribution in [3.8, 4) is 28.5 Å². The summed E-state index contributed by atoms with van der Waals surface area (Å²) in [6.07, 6.45) is 5.45. The Labute approximate surface area is 258 Å². The van der Waals surface area contributed by atoms with Crippen molar-refractivity contribution in [2.45, 2.75) is 48.6 Å². The first kappa shape index (κ1) is 27.0. The lowest BCUT2D eigenvalue weighted by Crippen LogP contribution is -2.58. The van der Waals surface area contributed by atoms with Gasteiger partial charge >= 0.3 is 0 Å². The van der Waals surface area contributed by atoms with E-state index in [0.717, 1.165) is 64.9 Å². The van der Waals surface area contributed by atoms with Crippen molar-refractivity contribution in [1.29, 1.82) is 0 Å². The summed E-state index contributed by atoms with van der Waals surface area (Å²) in [6.45, 7) is 1.35. The second-order valence-corrected chi connectivity index (χ2v) is 13.9. The number of carbonyl (C=O) groups is 1. The number of hydrogen-bond acceptors (Lipinski definition) is 5. The Morgan fingerprint density at radius 3 is 2.70 bits per heavy atom. The van der Waals surface area contributed by atoms with Crippen molar-refractivity contribution < 1.29 is 9.53 Å². The number of piperidine rings is 2. The minimum Gasteiger partial charge on any atom is -0.494 e. The third-order valence-corrected chi connectivity index (χ3v) is 10.8. The fourth-order valence-electron chi connectivity index (χ4n) is 7.40. The number of H-pyrrole nitrogens is 1. The molecule has 0 spiro atoms. The van der Waals surface area contributed by atoms with Crippen LogP contribution in [-0.4, -0.2) is 65.2 Å². The highest BCUT2D eigenvalue weighted by Crippen LogP contribution is 2.54. The normalized spacial score (nSPS) is 24.3. The van der Waals surface area contributed by atoms with Gasteiger partial charge in [-0.2, -0.15) is 5.10 Å². The lowest BCUT2D eigenvalue weighted by atomic mass is 9.76. The molecule has 4 atom stereocenters. The second-order valence-electron chi connectivity index (χ2n) is 12.4. The molecule has 2 aliphatic heterocycles. The molecule has 11 heteroatoms. The minimum atomic E-state index is -0.737. The number of nitrogens with zero attached hydrogens (tertiary/aromatic N) is 5. The Morgan fingerprint density at radius 1 is 1.19 bits per heavy atom. The van der Waals surface area contributed by atoms with Crippen LogP contribution in [-0.2, 0) is 13.6 Å². The molecule has 5 aromatic rings. The van der Waals surface area contributed by atoms with E-state index >= 15 is 0 Å². The van der Waals surface area contributed by atoms with Crippen LogP contribution in [0.5, 0.6) is 5.75 Å². The van der Waals surface area contributed by atoms with Gasteiger partial charge in [0.2, 0.25) is 0 Å². The standard InChI is InChI=1S/C32H33Cl2N7O2/c1-39-29-25(10-19(12-27(29)43-2)31(42)40-15-18-6-7-21(40)13-23(18)35)37-30(39)26-11-17-4-3-5-22(24-8-9-36-38-24)28(17)41(26)16-20-14-32(20,33)34/h3-5,8-12,18,20-21,23H,6-7,13-16,35H2,1-2H3,(H,36,38)/t18-,20?,21-,23+/m1/s1. The second kappa shape index (κ2) is 9.74. The summed E-state index contributed by atoms with van der Waals surface area (Å²) < 4.78 is 9.45. The van der Waals surface area contributed by atoms with Crippen molar-refractivity contribution in [1.82, 2.24) is 29.2 Å². The number of aromatic amines is 1. The lowest BCUT2D eigenvalue weighted by molar-refractivity contribution is 0.0261. The van der Waals surface area contributed by atoms with Crippen molar-refractivity contribution >= 4 is 51.0 Å². The molecule has 2 aliphatic carbocycles. The Morgan fingerprint density at radius 2 is 2.02 bits per heavy atom. The van der Waals surface area contributed by atoms with Crippen LogP contribution >= 0.6 is 23.2 Å². The molecule has 0 radical (unpaired) electrons. The molecule has 9 nitrogen and oxygen atoms in total. The predicted molar refractivity (Wildman–Crippen MR) is 168 cm³/mol. The molecule has 9 rings (SSSR count). The number of aryl methyl sites for hydroxylation is 1. The molecule has 1 amide bonds. The van der Waals surface area contributed by atoms with E-state index in [1.54, 1.807) is 13.3 Å². The SMILES string of the molecule is COc1cc(C(=O)N2C[C@H]3CC[C@@H]2C[C@@H]3N)cc2nc(-c3cc4cccc(-c5ccn[nH]5)c4n3CC3CC3(Cl)Cl)n(C)c12. The van der Waals surface area contributed by atoms with Crippen LogP contribution in [0.4, 0.5) is 0 Å². The molecule has 4 fully saturated rings. The van der Waals surface area contributed by atoms with E-state index in [2.05, 4.69) is 33.0 Å². The minimum absolute atomic E-state index is 0.0154. The van der Waals surface area contributed by atoms with Gasteiger partial charge < -0.3 is 24.5 Å². The third-order valence-electron chi connectivity index (χ3n) is 9.85. The zero-order valence-electron chi connectivity index (χ0n) is 24.1. The Kier molecular flexibility index (Phi) is 6.13. The summed E-state index contributed by atoms with van der Waals surface area (Å²) in [5.41, 5.74) is 12.4. The number of alkyl halides is 2. The van der Waals surface area contributed by atoms with Crippen LogP contribution in [0.2, 0.25) is 0 Å². The Balaban J connectivity index is 1.27. The fourth-order valence-corrected chi connectivity index (χ4v) is 7.91. The molecule has 2 bridgehead atoms. The highest BCUT2D eigenvalue weighted by molar-refractivity contribution is 6.50. The molecule has 3 N–H and O–H groups in total. The highest BCUT2D eigenvalue weighted by Gasteiger charge is 2.52. The number of para-hydroxylation sites is 1. The van der Waals surface area contributed by atoms with Crippen molar-refractivity contribution in [3.05, 3.63) is 54.2 Å². The summed E-state index contributed by atoms with van der Waals surface area (Å²) in [6, 6.07) is 14.5. The maximum Gasteiger partial charge on any atom is 0.254 e. The first-order valence-electron chi connectivity index (χ1n) is 14.8. The van der Waals surface area contributed by atoms with Gasteiger partial charge in [0.1, 0.15) is 15.6 Å². The van der Waals surface area contributed by atoms with Crippen LogP contribution in [0.15, 0.2) is 48.7 Å². The molecule has 222 valence electrons. The maximum absolute atomic E-state index is 13.8. The number of ether oxygens (including phenoxy) is 1. The quantitative estimate of drug-likeness (QED) is 0.236. The van der Waals surface area contributed by atoms with E-state index < -0.39 is 4.33 Å². The smallest absolute Gasteiger partial charge is 0.254 e. The van der Waals surface area contributed by atoms with Crippen LogP contribution in [0.25, 0.3) is 44.7 Å². The average Bonchev–Trinajstić information content (AvgIpc) is 3.45. The van der Waals surface area contributed by atoms with E-state index in [4.69, 9.17) is 38.7 Å². The molecular formula is C32H33Cl2N7O2. The Bertz CT molecular complexity index is 1890. The van der Waals surface area contributed by atoms with Gasteiger partial charge in [-0.05, 0) is 55.9 Å². The number of amides is 1. The first-order valence-corrected chi connectivity index (χ1v) is 15.6. The van der Waals surface area contributed by atoms with E-state index in [-0.39, 0.29) is 23.9 Å². The van der Waals surface area contributed by atoms with Gasteiger partial charge in [-0.3, -0.25) is 9.89 Å². The maximum atomic E-state index is 13.8.